The monoisotopic (exact) mass is 194 g/mol. The SMILES string of the molecule is CC(C)(C)c1ccc(OCNN)cc1. The molecular formula is C11H18N2O. The van der Waals surface area contributed by atoms with E-state index in [1.807, 2.05) is 12.1 Å². The van der Waals surface area contributed by atoms with Crippen LogP contribution in [0, 0.1) is 0 Å². The highest BCUT2D eigenvalue weighted by atomic mass is 16.5. The number of hydrogen-bond donors (Lipinski definition) is 2. The van der Waals surface area contributed by atoms with Crippen LogP contribution in [-0.4, -0.2) is 6.73 Å². The predicted molar refractivity (Wildman–Crippen MR) is 58.0 cm³/mol. The van der Waals surface area contributed by atoms with Crippen LogP contribution in [0.2, 0.25) is 0 Å². The third kappa shape index (κ3) is 3.01. The first kappa shape index (κ1) is 11.0. The summed E-state index contributed by atoms with van der Waals surface area (Å²) in [6.45, 7) is 6.88. The average Bonchev–Trinajstić information content (AvgIpc) is 2.14. The Morgan fingerprint density at radius 1 is 1.21 bits per heavy atom. The van der Waals surface area contributed by atoms with Gasteiger partial charge in [0.2, 0.25) is 0 Å². The van der Waals surface area contributed by atoms with Crippen molar-refractivity contribution in [1.82, 2.24) is 5.43 Å². The first-order valence-corrected chi connectivity index (χ1v) is 4.71. The summed E-state index contributed by atoms with van der Waals surface area (Å²) >= 11 is 0. The molecule has 0 aliphatic heterocycles. The molecule has 0 amide bonds. The maximum Gasteiger partial charge on any atom is 0.151 e. The molecule has 14 heavy (non-hydrogen) atoms. The third-order valence-electron chi connectivity index (χ3n) is 2.04. The lowest BCUT2D eigenvalue weighted by Crippen LogP contribution is -2.26. The zero-order valence-electron chi connectivity index (χ0n) is 9.00. The predicted octanol–water partition coefficient (Wildman–Crippen LogP) is 1.78. The zero-order chi connectivity index (χ0) is 10.6. The van der Waals surface area contributed by atoms with Gasteiger partial charge in [-0.2, -0.15) is 0 Å². The van der Waals surface area contributed by atoms with Gasteiger partial charge in [0.05, 0.1) is 0 Å². The second-order valence-electron chi connectivity index (χ2n) is 4.27. The van der Waals surface area contributed by atoms with Crippen LogP contribution in [0.3, 0.4) is 0 Å². The van der Waals surface area contributed by atoms with E-state index in [1.165, 1.54) is 5.56 Å². The summed E-state index contributed by atoms with van der Waals surface area (Å²) in [6.07, 6.45) is 0. The van der Waals surface area contributed by atoms with E-state index in [9.17, 15) is 0 Å². The molecule has 0 saturated carbocycles. The van der Waals surface area contributed by atoms with Crippen LogP contribution in [-0.2, 0) is 5.41 Å². The highest BCUT2D eigenvalue weighted by Crippen LogP contribution is 2.23. The molecule has 0 aliphatic carbocycles. The molecule has 3 heteroatoms. The highest BCUT2D eigenvalue weighted by Gasteiger charge is 2.12. The van der Waals surface area contributed by atoms with Crippen molar-refractivity contribution in [2.45, 2.75) is 26.2 Å². The standard InChI is InChI=1S/C11H18N2O/c1-11(2,3)9-4-6-10(7-5-9)14-8-13-12/h4-7,13H,8,12H2,1-3H3. The van der Waals surface area contributed by atoms with Gasteiger partial charge in [0.25, 0.3) is 0 Å². The Labute approximate surface area is 85.2 Å². The fraction of sp³-hybridized carbons (Fsp3) is 0.455. The molecule has 1 aromatic rings. The van der Waals surface area contributed by atoms with Gasteiger partial charge in [-0.15, -0.1) is 0 Å². The van der Waals surface area contributed by atoms with Crippen molar-refractivity contribution in [1.29, 1.82) is 0 Å². The van der Waals surface area contributed by atoms with Gasteiger partial charge >= 0.3 is 0 Å². The fourth-order valence-electron chi connectivity index (χ4n) is 1.18. The molecule has 1 rings (SSSR count). The highest BCUT2D eigenvalue weighted by molar-refractivity contribution is 5.30. The Morgan fingerprint density at radius 2 is 1.79 bits per heavy atom. The summed E-state index contributed by atoms with van der Waals surface area (Å²) in [5.74, 6) is 5.93. The molecule has 0 unspecified atom stereocenters. The molecule has 3 N–H and O–H groups in total. The Morgan fingerprint density at radius 3 is 2.21 bits per heavy atom. The van der Waals surface area contributed by atoms with Gasteiger partial charge in [-0.3, -0.25) is 5.84 Å². The summed E-state index contributed by atoms with van der Waals surface area (Å²) < 4.78 is 5.29. The lowest BCUT2D eigenvalue weighted by Gasteiger charge is -2.19. The van der Waals surface area contributed by atoms with Gasteiger partial charge in [-0.05, 0) is 23.1 Å². The second-order valence-corrected chi connectivity index (χ2v) is 4.27. The van der Waals surface area contributed by atoms with Crippen molar-refractivity contribution < 1.29 is 4.74 Å². The first-order valence-electron chi connectivity index (χ1n) is 4.71. The van der Waals surface area contributed by atoms with E-state index in [4.69, 9.17) is 10.6 Å². The number of rotatable bonds is 3. The van der Waals surface area contributed by atoms with Crippen LogP contribution >= 0.6 is 0 Å². The molecule has 0 radical (unpaired) electrons. The van der Waals surface area contributed by atoms with Gasteiger partial charge in [0, 0.05) is 0 Å². The third-order valence-corrected chi connectivity index (χ3v) is 2.04. The Balaban J connectivity index is 2.69. The summed E-state index contributed by atoms with van der Waals surface area (Å²) in [7, 11) is 0. The minimum absolute atomic E-state index is 0.185. The molecule has 0 saturated heterocycles. The number of hydrogen-bond acceptors (Lipinski definition) is 3. The van der Waals surface area contributed by atoms with Gasteiger partial charge in [-0.25, -0.2) is 5.43 Å². The van der Waals surface area contributed by atoms with Crippen LogP contribution < -0.4 is 16.0 Å². The Kier molecular flexibility index (Phi) is 3.49. The van der Waals surface area contributed by atoms with Crippen molar-refractivity contribution in [3.05, 3.63) is 29.8 Å². The number of nitrogens with one attached hydrogen (secondary N) is 1. The quantitative estimate of drug-likeness (QED) is 0.438. The molecule has 78 valence electrons. The summed E-state index contributed by atoms with van der Waals surface area (Å²) in [4.78, 5) is 0. The van der Waals surface area contributed by atoms with Gasteiger partial charge in [-0.1, -0.05) is 32.9 Å². The molecule has 0 heterocycles. The lowest BCUT2D eigenvalue weighted by atomic mass is 9.87. The molecule has 1 aromatic carbocycles. The van der Waals surface area contributed by atoms with E-state index < -0.39 is 0 Å². The molecule has 0 fully saturated rings. The fourth-order valence-corrected chi connectivity index (χ4v) is 1.18. The Bertz CT molecular complexity index is 274. The van der Waals surface area contributed by atoms with E-state index >= 15 is 0 Å². The maximum atomic E-state index is 5.29. The number of ether oxygens (including phenoxy) is 1. The van der Waals surface area contributed by atoms with E-state index in [1.54, 1.807) is 0 Å². The minimum Gasteiger partial charge on any atom is -0.477 e. The van der Waals surface area contributed by atoms with Crippen molar-refractivity contribution in [3.8, 4) is 5.75 Å². The number of benzene rings is 1. The summed E-state index contributed by atoms with van der Waals surface area (Å²) in [5.41, 5.74) is 3.92. The van der Waals surface area contributed by atoms with Gasteiger partial charge in [0.15, 0.2) is 6.73 Å². The molecule has 0 atom stereocenters. The number of nitrogens with two attached hydrogens (primary N) is 1. The van der Waals surface area contributed by atoms with Crippen LogP contribution in [0.15, 0.2) is 24.3 Å². The second kappa shape index (κ2) is 4.44. The van der Waals surface area contributed by atoms with E-state index in [-0.39, 0.29) is 5.41 Å². The molecule has 0 aliphatic rings. The van der Waals surface area contributed by atoms with Crippen LogP contribution in [0.25, 0.3) is 0 Å². The first-order chi connectivity index (χ1) is 6.54. The smallest absolute Gasteiger partial charge is 0.151 e. The normalized spacial score (nSPS) is 11.4. The molecule has 0 bridgehead atoms. The maximum absolute atomic E-state index is 5.29. The summed E-state index contributed by atoms with van der Waals surface area (Å²) in [5, 5.41) is 0. The molecule has 3 nitrogen and oxygen atoms in total. The molecule has 0 spiro atoms. The number of hydrazine groups is 1. The topological polar surface area (TPSA) is 47.3 Å². The van der Waals surface area contributed by atoms with Crippen molar-refractivity contribution in [2.24, 2.45) is 5.84 Å². The molecular weight excluding hydrogens is 176 g/mol. The Hall–Kier alpha value is -1.06. The van der Waals surface area contributed by atoms with Crippen LogP contribution in [0.4, 0.5) is 0 Å². The lowest BCUT2D eigenvalue weighted by molar-refractivity contribution is 0.286. The minimum atomic E-state index is 0.185. The van der Waals surface area contributed by atoms with Crippen LogP contribution in [0.5, 0.6) is 5.75 Å². The largest absolute Gasteiger partial charge is 0.477 e. The molecule has 0 aromatic heterocycles. The van der Waals surface area contributed by atoms with Crippen molar-refractivity contribution >= 4 is 0 Å². The van der Waals surface area contributed by atoms with Crippen molar-refractivity contribution in [2.75, 3.05) is 6.73 Å². The van der Waals surface area contributed by atoms with Gasteiger partial charge < -0.3 is 4.74 Å². The van der Waals surface area contributed by atoms with Crippen molar-refractivity contribution in [3.63, 3.8) is 0 Å². The zero-order valence-corrected chi connectivity index (χ0v) is 9.00. The van der Waals surface area contributed by atoms with E-state index in [0.29, 0.717) is 6.73 Å². The summed E-state index contributed by atoms with van der Waals surface area (Å²) in [6, 6.07) is 8.06. The van der Waals surface area contributed by atoms with E-state index in [0.717, 1.165) is 5.75 Å². The van der Waals surface area contributed by atoms with Crippen LogP contribution in [0.1, 0.15) is 26.3 Å². The average molecular weight is 194 g/mol. The van der Waals surface area contributed by atoms with E-state index in [2.05, 4.69) is 38.3 Å². The van der Waals surface area contributed by atoms with Gasteiger partial charge in [0.1, 0.15) is 5.75 Å².